The third-order valence-corrected chi connectivity index (χ3v) is 3.59. The molecule has 3 nitrogen and oxygen atoms in total. The van der Waals surface area contributed by atoms with Gasteiger partial charge >= 0.3 is 0 Å². The number of nitrogens with one attached hydrogen (secondary N) is 1. The van der Waals surface area contributed by atoms with Gasteiger partial charge in [0, 0.05) is 25.3 Å². The van der Waals surface area contributed by atoms with Crippen LogP contribution in [0.1, 0.15) is 38.7 Å². The van der Waals surface area contributed by atoms with Crippen LogP contribution in [0.5, 0.6) is 5.75 Å². The molecule has 19 heavy (non-hydrogen) atoms. The van der Waals surface area contributed by atoms with Crippen LogP contribution in [-0.2, 0) is 11.3 Å². The van der Waals surface area contributed by atoms with Crippen molar-refractivity contribution in [2.45, 2.75) is 51.9 Å². The van der Waals surface area contributed by atoms with Crippen LogP contribution in [0, 0.1) is 0 Å². The van der Waals surface area contributed by atoms with Gasteiger partial charge in [0.15, 0.2) is 0 Å². The zero-order valence-corrected chi connectivity index (χ0v) is 12.0. The van der Waals surface area contributed by atoms with E-state index in [1.54, 1.807) is 0 Å². The van der Waals surface area contributed by atoms with Crippen molar-refractivity contribution in [3.8, 4) is 5.75 Å². The van der Waals surface area contributed by atoms with E-state index in [2.05, 4.69) is 37.4 Å². The van der Waals surface area contributed by atoms with E-state index < -0.39 is 0 Å². The minimum atomic E-state index is 0.263. The zero-order valence-electron chi connectivity index (χ0n) is 12.0. The summed E-state index contributed by atoms with van der Waals surface area (Å²) in [6.07, 6.45) is 4.05. The van der Waals surface area contributed by atoms with Gasteiger partial charge in [-0.2, -0.15) is 0 Å². The maximum atomic E-state index is 5.95. The van der Waals surface area contributed by atoms with Gasteiger partial charge in [0.2, 0.25) is 0 Å². The maximum absolute atomic E-state index is 5.95. The number of para-hydroxylation sites is 1. The second-order valence-corrected chi connectivity index (χ2v) is 5.21. The summed E-state index contributed by atoms with van der Waals surface area (Å²) in [7, 11) is 0. The lowest BCUT2D eigenvalue weighted by atomic mass is 10.2. The molecule has 0 spiro atoms. The Morgan fingerprint density at radius 3 is 3.00 bits per heavy atom. The summed E-state index contributed by atoms with van der Waals surface area (Å²) in [4.78, 5) is 0. The van der Waals surface area contributed by atoms with Gasteiger partial charge < -0.3 is 14.8 Å². The molecule has 0 bridgehead atoms. The van der Waals surface area contributed by atoms with Gasteiger partial charge in [-0.25, -0.2) is 0 Å². The summed E-state index contributed by atoms with van der Waals surface area (Å²) in [6.45, 7) is 6.93. The number of benzene rings is 1. The Labute approximate surface area is 116 Å². The van der Waals surface area contributed by atoms with E-state index in [-0.39, 0.29) is 6.10 Å². The molecule has 1 aliphatic rings. The number of rotatable bonds is 7. The predicted molar refractivity (Wildman–Crippen MR) is 77.5 cm³/mol. The summed E-state index contributed by atoms with van der Waals surface area (Å²) in [5.74, 6) is 0.997. The molecule has 0 amide bonds. The van der Waals surface area contributed by atoms with E-state index in [1.165, 1.54) is 18.4 Å². The molecule has 1 N–H and O–H groups in total. The number of ether oxygens (including phenoxy) is 2. The largest absolute Gasteiger partial charge is 0.490 e. The fourth-order valence-electron chi connectivity index (χ4n) is 2.24. The average molecular weight is 263 g/mol. The molecule has 0 radical (unpaired) electrons. The van der Waals surface area contributed by atoms with E-state index >= 15 is 0 Å². The maximum Gasteiger partial charge on any atom is 0.124 e. The standard InChI is InChI=1S/C16H25NO2/c1-3-13(2)19-16-9-5-4-7-14(16)11-17-12-15-8-6-10-18-15/h4-5,7,9,13,15,17H,3,6,8,10-12H2,1-2H3/t13-,15+/m0/s1. The topological polar surface area (TPSA) is 30.5 Å². The van der Waals surface area contributed by atoms with E-state index in [9.17, 15) is 0 Å². The van der Waals surface area contributed by atoms with Crippen LogP contribution in [-0.4, -0.2) is 25.4 Å². The lowest BCUT2D eigenvalue weighted by Crippen LogP contribution is -2.26. The first-order valence-corrected chi connectivity index (χ1v) is 7.36. The molecule has 1 saturated heterocycles. The van der Waals surface area contributed by atoms with Crippen molar-refractivity contribution in [2.75, 3.05) is 13.2 Å². The summed E-state index contributed by atoms with van der Waals surface area (Å²) in [5, 5.41) is 3.47. The van der Waals surface area contributed by atoms with Crippen molar-refractivity contribution in [1.82, 2.24) is 5.32 Å². The van der Waals surface area contributed by atoms with Crippen molar-refractivity contribution in [3.63, 3.8) is 0 Å². The fourth-order valence-corrected chi connectivity index (χ4v) is 2.24. The van der Waals surface area contributed by atoms with Crippen molar-refractivity contribution in [1.29, 1.82) is 0 Å². The van der Waals surface area contributed by atoms with Gasteiger partial charge in [-0.1, -0.05) is 25.1 Å². The van der Waals surface area contributed by atoms with Crippen LogP contribution in [0.15, 0.2) is 24.3 Å². The Hall–Kier alpha value is -1.06. The van der Waals surface area contributed by atoms with Gasteiger partial charge in [-0.3, -0.25) is 0 Å². The SMILES string of the molecule is CC[C@H](C)Oc1ccccc1CNC[C@H]1CCCO1. The summed E-state index contributed by atoms with van der Waals surface area (Å²) >= 11 is 0. The molecule has 0 saturated carbocycles. The zero-order chi connectivity index (χ0) is 13.5. The highest BCUT2D eigenvalue weighted by molar-refractivity contribution is 5.33. The van der Waals surface area contributed by atoms with Gasteiger partial charge in [0.1, 0.15) is 5.75 Å². The molecule has 3 heteroatoms. The fraction of sp³-hybridized carbons (Fsp3) is 0.625. The molecule has 0 aliphatic carbocycles. The highest BCUT2D eigenvalue weighted by Crippen LogP contribution is 2.20. The van der Waals surface area contributed by atoms with E-state index in [0.29, 0.717) is 6.10 Å². The Morgan fingerprint density at radius 1 is 1.42 bits per heavy atom. The molecule has 1 fully saturated rings. The smallest absolute Gasteiger partial charge is 0.124 e. The molecule has 1 aromatic rings. The summed E-state index contributed by atoms with van der Waals surface area (Å²) < 4.78 is 11.6. The molecule has 2 atom stereocenters. The monoisotopic (exact) mass is 263 g/mol. The van der Waals surface area contributed by atoms with Crippen molar-refractivity contribution < 1.29 is 9.47 Å². The average Bonchev–Trinajstić information content (AvgIpc) is 2.94. The first-order chi connectivity index (χ1) is 9.29. The third kappa shape index (κ3) is 4.51. The highest BCUT2D eigenvalue weighted by atomic mass is 16.5. The molecular formula is C16H25NO2. The highest BCUT2D eigenvalue weighted by Gasteiger charge is 2.15. The molecule has 106 valence electrons. The Bertz CT molecular complexity index is 375. The van der Waals surface area contributed by atoms with Crippen molar-refractivity contribution >= 4 is 0 Å². The quantitative estimate of drug-likeness (QED) is 0.820. The Balaban J connectivity index is 1.84. The minimum absolute atomic E-state index is 0.263. The minimum Gasteiger partial charge on any atom is -0.490 e. The van der Waals surface area contributed by atoms with Gasteiger partial charge in [0.05, 0.1) is 12.2 Å². The second-order valence-electron chi connectivity index (χ2n) is 5.21. The Kier molecular flexibility index (Phi) is 5.67. The summed E-state index contributed by atoms with van der Waals surface area (Å²) in [5.41, 5.74) is 1.22. The third-order valence-electron chi connectivity index (χ3n) is 3.59. The summed E-state index contributed by atoms with van der Waals surface area (Å²) in [6, 6.07) is 8.27. The first kappa shape index (κ1) is 14.4. The molecule has 1 aromatic carbocycles. The van der Waals surface area contributed by atoms with Crippen LogP contribution in [0.2, 0.25) is 0 Å². The van der Waals surface area contributed by atoms with Crippen LogP contribution in [0.25, 0.3) is 0 Å². The van der Waals surface area contributed by atoms with Crippen LogP contribution < -0.4 is 10.1 Å². The van der Waals surface area contributed by atoms with Crippen LogP contribution in [0.3, 0.4) is 0 Å². The molecule has 1 aliphatic heterocycles. The molecule has 1 heterocycles. The van der Waals surface area contributed by atoms with Crippen molar-refractivity contribution in [2.24, 2.45) is 0 Å². The lowest BCUT2D eigenvalue weighted by Gasteiger charge is -2.17. The van der Waals surface area contributed by atoms with Crippen LogP contribution >= 0.6 is 0 Å². The molecule has 0 unspecified atom stereocenters. The number of hydrogen-bond acceptors (Lipinski definition) is 3. The first-order valence-electron chi connectivity index (χ1n) is 7.36. The van der Waals surface area contributed by atoms with E-state index in [0.717, 1.165) is 31.9 Å². The van der Waals surface area contributed by atoms with E-state index in [4.69, 9.17) is 9.47 Å². The van der Waals surface area contributed by atoms with Crippen LogP contribution in [0.4, 0.5) is 0 Å². The van der Waals surface area contributed by atoms with Gasteiger partial charge in [0.25, 0.3) is 0 Å². The second kappa shape index (κ2) is 7.51. The number of hydrogen-bond donors (Lipinski definition) is 1. The van der Waals surface area contributed by atoms with Gasteiger partial charge in [-0.15, -0.1) is 0 Å². The molecule has 2 rings (SSSR count). The Morgan fingerprint density at radius 2 is 2.26 bits per heavy atom. The van der Waals surface area contributed by atoms with E-state index in [1.807, 2.05) is 6.07 Å². The molecule has 0 aromatic heterocycles. The van der Waals surface area contributed by atoms with Crippen molar-refractivity contribution in [3.05, 3.63) is 29.8 Å². The predicted octanol–water partition coefficient (Wildman–Crippen LogP) is 3.13. The molecular weight excluding hydrogens is 238 g/mol. The normalized spacial score (nSPS) is 20.4. The lowest BCUT2D eigenvalue weighted by molar-refractivity contribution is 0.110. The van der Waals surface area contributed by atoms with Gasteiger partial charge in [-0.05, 0) is 32.3 Å².